The normalized spacial score (nSPS) is 10.3. The predicted molar refractivity (Wildman–Crippen MR) is 80.0 cm³/mol. The number of carbonyl (C=O) groups excluding carboxylic acids is 1. The molecule has 0 atom stereocenters. The molecule has 0 spiro atoms. The number of hydrogen-bond donors (Lipinski definition) is 0. The summed E-state index contributed by atoms with van der Waals surface area (Å²) in [6.07, 6.45) is 0. The molecule has 0 saturated heterocycles. The van der Waals surface area contributed by atoms with Crippen molar-refractivity contribution >= 4 is 23.0 Å². The van der Waals surface area contributed by atoms with E-state index in [2.05, 4.69) is 29.2 Å². The molecule has 1 aromatic carbocycles. The Balaban J connectivity index is 2.20. The number of ether oxygens (including phenoxy) is 1. The van der Waals surface area contributed by atoms with Crippen LogP contribution in [0.5, 0.6) is 0 Å². The largest absolute Gasteiger partial charge is 0.462 e. The zero-order chi connectivity index (χ0) is 13.8. The lowest BCUT2D eigenvalue weighted by Gasteiger charge is -2.12. The minimum absolute atomic E-state index is 0.247. The number of carbonyl (C=O) groups is 1. The second-order valence-electron chi connectivity index (χ2n) is 4.33. The Bertz CT molecular complexity index is 558. The Morgan fingerprint density at radius 3 is 2.42 bits per heavy atom. The van der Waals surface area contributed by atoms with Gasteiger partial charge in [-0.1, -0.05) is 12.1 Å². The van der Waals surface area contributed by atoms with Crippen LogP contribution in [0.25, 0.3) is 10.4 Å². The Hall–Kier alpha value is -1.81. The van der Waals surface area contributed by atoms with Crippen molar-refractivity contribution in [2.24, 2.45) is 0 Å². The highest BCUT2D eigenvalue weighted by molar-refractivity contribution is 7.17. The predicted octanol–water partition coefficient (Wildman–Crippen LogP) is 3.66. The van der Waals surface area contributed by atoms with Crippen LogP contribution in [0.3, 0.4) is 0 Å². The van der Waals surface area contributed by atoms with Gasteiger partial charge in [0.2, 0.25) is 0 Å². The number of rotatable bonds is 4. The van der Waals surface area contributed by atoms with Crippen LogP contribution in [0, 0.1) is 0 Å². The molecule has 0 aliphatic rings. The fraction of sp³-hybridized carbons (Fsp3) is 0.267. The standard InChI is InChI=1S/C15H17NO2S/c1-4-18-15(17)14-10-9-13(19-14)11-5-7-12(8-6-11)16(2)3/h5-10H,4H2,1-3H3. The molecule has 0 aliphatic heterocycles. The molecule has 0 amide bonds. The molecule has 19 heavy (non-hydrogen) atoms. The molecular weight excluding hydrogens is 258 g/mol. The fourth-order valence-corrected chi connectivity index (χ4v) is 2.63. The highest BCUT2D eigenvalue weighted by atomic mass is 32.1. The summed E-state index contributed by atoms with van der Waals surface area (Å²) in [7, 11) is 4.03. The van der Waals surface area contributed by atoms with E-state index in [0.717, 1.165) is 16.1 Å². The Morgan fingerprint density at radius 1 is 1.16 bits per heavy atom. The lowest BCUT2D eigenvalue weighted by molar-refractivity contribution is 0.0532. The van der Waals surface area contributed by atoms with Crippen molar-refractivity contribution in [1.29, 1.82) is 0 Å². The highest BCUT2D eigenvalue weighted by Gasteiger charge is 2.10. The number of benzene rings is 1. The molecule has 0 saturated carbocycles. The second kappa shape index (κ2) is 5.89. The molecule has 3 nitrogen and oxygen atoms in total. The van der Waals surface area contributed by atoms with E-state index < -0.39 is 0 Å². The molecule has 2 rings (SSSR count). The van der Waals surface area contributed by atoms with E-state index in [1.54, 1.807) is 0 Å². The van der Waals surface area contributed by atoms with Crippen LogP contribution in [-0.2, 0) is 4.74 Å². The van der Waals surface area contributed by atoms with Crippen LogP contribution >= 0.6 is 11.3 Å². The molecule has 2 aromatic rings. The number of anilines is 1. The van der Waals surface area contributed by atoms with E-state index >= 15 is 0 Å². The van der Waals surface area contributed by atoms with Gasteiger partial charge >= 0.3 is 5.97 Å². The van der Waals surface area contributed by atoms with Gasteiger partial charge in [0, 0.05) is 24.7 Å². The fourth-order valence-electron chi connectivity index (χ4n) is 1.73. The van der Waals surface area contributed by atoms with Gasteiger partial charge in [-0.15, -0.1) is 11.3 Å². The van der Waals surface area contributed by atoms with Gasteiger partial charge in [0.25, 0.3) is 0 Å². The number of esters is 1. The molecule has 100 valence electrons. The summed E-state index contributed by atoms with van der Waals surface area (Å²) in [5, 5.41) is 0. The summed E-state index contributed by atoms with van der Waals surface area (Å²) in [6, 6.07) is 12.0. The average molecular weight is 275 g/mol. The van der Waals surface area contributed by atoms with Gasteiger partial charge in [-0.2, -0.15) is 0 Å². The van der Waals surface area contributed by atoms with Crippen LogP contribution in [0.15, 0.2) is 36.4 Å². The van der Waals surface area contributed by atoms with E-state index in [0.29, 0.717) is 11.5 Å². The molecule has 1 aromatic heterocycles. The second-order valence-corrected chi connectivity index (χ2v) is 5.41. The van der Waals surface area contributed by atoms with E-state index in [4.69, 9.17) is 4.74 Å². The lowest BCUT2D eigenvalue weighted by Crippen LogP contribution is -2.07. The smallest absolute Gasteiger partial charge is 0.348 e. The summed E-state index contributed by atoms with van der Waals surface area (Å²) in [4.78, 5) is 15.4. The van der Waals surface area contributed by atoms with Gasteiger partial charge in [-0.05, 0) is 36.8 Å². The third kappa shape index (κ3) is 3.15. The zero-order valence-electron chi connectivity index (χ0n) is 11.3. The van der Waals surface area contributed by atoms with E-state index in [1.807, 2.05) is 33.2 Å². The molecule has 0 aliphatic carbocycles. The number of thiophene rings is 1. The molecule has 0 fully saturated rings. The van der Waals surface area contributed by atoms with Crippen molar-refractivity contribution in [2.45, 2.75) is 6.92 Å². The summed E-state index contributed by atoms with van der Waals surface area (Å²) >= 11 is 1.46. The monoisotopic (exact) mass is 275 g/mol. The molecule has 0 bridgehead atoms. The van der Waals surface area contributed by atoms with Crippen LogP contribution < -0.4 is 4.90 Å². The summed E-state index contributed by atoms with van der Waals surface area (Å²) < 4.78 is 4.99. The van der Waals surface area contributed by atoms with E-state index in [1.165, 1.54) is 11.3 Å². The molecule has 0 radical (unpaired) electrons. The molecule has 4 heteroatoms. The minimum atomic E-state index is -0.247. The molecule has 0 unspecified atom stereocenters. The highest BCUT2D eigenvalue weighted by Crippen LogP contribution is 2.29. The van der Waals surface area contributed by atoms with Crippen molar-refractivity contribution in [2.75, 3.05) is 25.6 Å². The van der Waals surface area contributed by atoms with E-state index in [-0.39, 0.29) is 5.97 Å². The maximum absolute atomic E-state index is 11.6. The van der Waals surface area contributed by atoms with Crippen molar-refractivity contribution in [1.82, 2.24) is 0 Å². The number of nitrogens with zero attached hydrogens (tertiary/aromatic N) is 1. The molecule has 1 heterocycles. The first-order valence-corrected chi connectivity index (χ1v) is 6.98. The average Bonchev–Trinajstić information content (AvgIpc) is 2.89. The first-order chi connectivity index (χ1) is 9.11. The molecule has 0 N–H and O–H groups in total. The third-order valence-electron chi connectivity index (χ3n) is 2.75. The van der Waals surface area contributed by atoms with Gasteiger partial charge in [-0.3, -0.25) is 0 Å². The van der Waals surface area contributed by atoms with Gasteiger partial charge in [0.1, 0.15) is 4.88 Å². The number of hydrogen-bond acceptors (Lipinski definition) is 4. The maximum atomic E-state index is 11.6. The minimum Gasteiger partial charge on any atom is -0.462 e. The van der Waals surface area contributed by atoms with Crippen molar-refractivity contribution in [3.63, 3.8) is 0 Å². The lowest BCUT2D eigenvalue weighted by atomic mass is 10.1. The first-order valence-electron chi connectivity index (χ1n) is 6.16. The van der Waals surface area contributed by atoms with Crippen molar-refractivity contribution in [3.05, 3.63) is 41.3 Å². The summed E-state index contributed by atoms with van der Waals surface area (Å²) in [6.45, 7) is 2.22. The zero-order valence-corrected chi connectivity index (χ0v) is 12.2. The maximum Gasteiger partial charge on any atom is 0.348 e. The van der Waals surface area contributed by atoms with Crippen LogP contribution in [0.1, 0.15) is 16.6 Å². The van der Waals surface area contributed by atoms with Crippen LogP contribution in [0.2, 0.25) is 0 Å². The van der Waals surface area contributed by atoms with Gasteiger partial charge in [-0.25, -0.2) is 4.79 Å². The first kappa shape index (κ1) is 13.6. The van der Waals surface area contributed by atoms with Gasteiger partial charge in [0.05, 0.1) is 6.61 Å². The van der Waals surface area contributed by atoms with Gasteiger partial charge in [0.15, 0.2) is 0 Å². The molecular formula is C15H17NO2S. The topological polar surface area (TPSA) is 29.5 Å². The Morgan fingerprint density at radius 2 is 1.84 bits per heavy atom. The van der Waals surface area contributed by atoms with Gasteiger partial charge < -0.3 is 9.64 Å². The van der Waals surface area contributed by atoms with Crippen LogP contribution in [0.4, 0.5) is 5.69 Å². The van der Waals surface area contributed by atoms with Crippen molar-refractivity contribution < 1.29 is 9.53 Å². The summed E-state index contributed by atoms with van der Waals surface area (Å²) in [5.41, 5.74) is 2.28. The SMILES string of the molecule is CCOC(=O)c1ccc(-c2ccc(N(C)C)cc2)s1. The third-order valence-corrected chi connectivity index (χ3v) is 3.87. The summed E-state index contributed by atoms with van der Waals surface area (Å²) in [5.74, 6) is -0.247. The Kier molecular flexibility index (Phi) is 4.22. The van der Waals surface area contributed by atoms with Crippen molar-refractivity contribution in [3.8, 4) is 10.4 Å². The quantitative estimate of drug-likeness (QED) is 0.798. The Labute approximate surface area is 117 Å². The van der Waals surface area contributed by atoms with Crippen LogP contribution in [-0.4, -0.2) is 26.7 Å². The van der Waals surface area contributed by atoms with E-state index in [9.17, 15) is 4.79 Å².